The van der Waals surface area contributed by atoms with Crippen molar-refractivity contribution in [3.63, 3.8) is 0 Å². The molecule has 4 rings (SSSR count). The molecule has 4 aromatic rings. The number of carbonyl (C=O) groups is 1. The van der Waals surface area contributed by atoms with Gasteiger partial charge in [-0.3, -0.25) is 9.36 Å². The van der Waals surface area contributed by atoms with Crippen LogP contribution in [0.5, 0.6) is 5.75 Å². The molecule has 7 nitrogen and oxygen atoms in total. The quantitative estimate of drug-likeness (QED) is 0.437. The number of aromatic nitrogens is 4. The van der Waals surface area contributed by atoms with E-state index in [0.29, 0.717) is 0 Å². The number of hydrogen-bond acceptors (Lipinski definition) is 5. The van der Waals surface area contributed by atoms with Crippen LogP contribution in [0.15, 0.2) is 72.1 Å². The van der Waals surface area contributed by atoms with E-state index < -0.39 is 0 Å². The lowest BCUT2D eigenvalue weighted by atomic mass is 10.3. The third kappa shape index (κ3) is 4.49. The number of ether oxygens (including phenoxy) is 1. The Kier molecular flexibility index (Phi) is 6.08. The molecule has 158 valence electrons. The minimum absolute atomic E-state index is 0.104. The lowest BCUT2D eigenvalue weighted by Gasteiger charge is -2.09. The van der Waals surface area contributed by atoms with Crippen molar-refractivity contribution in [1.82, 2.24) is 19.3 Å². The second kappa shape index (κ2) is 9.09. The summed E-state index contributed by atoms with van der Waals surface area (Å²) in [7, 11) is 1.64. The van der Waals surface area contributed by atoms with Crippen LogP contribution in [-0.2, 0) is 4.79 Å². The molecule has 0 saturated heterocycles. The van der Waals surface area contributed by atoms with Crippen molar-refractivity contribution in [1.29, 1.82) is 0 Å². The van der Waals surface area contributed by atoms with Crippen LogP contribution >= 0.6 is 11.8 Å². The van der Waals surface area contributed by atoms with Crippen LogP contribution in [0.2, 0.25) is 0 Å². The van der Waals surface area contributed by atoms with Crippen molar-refractivity contribution < 1.29 is 9.53 Å². The molecule has 0 radical (unpaired) electrons. The predicted molar refractivity (Wildman–Crippen MR) is 123 cm³/mol. The number of anilines is 1. The Morgan fingerprint density at radius 2 is 1.81 bits per heavy atom. The molecule has 0 aliphatic carbocycles. The van der Waals surface area contributed by atoms with Crippen LogP contribution in [0, 0.1) is 13.8 Å². The van der Waals surface area contributed by atoms with E-state index >= 15 is 0 Å². The second-order valence-corrected chi connectivity index (χ2v) is 7.85. The van der Waals surface area contributed by atoms with Crippen LogP contribution in [0.4, 0.5) is 5.69 Å². The lowest BCUT2D eigenvalue weighted by Crippen LogP contribution is -2.15. The first-order valence-electron chi connectivity index (χ1n) is 9.79. The van der Waals surface area contributed by atoms with Gasteiger partial charge in [-0.2, -0.15) is 5.10 Å². The third-order valence-corrected chi connectivity index (χ3v) is 5.81. The highest BCUT2D eigenvalue weighted by Gasteiger charge is 2.16. The molecule has 0 bridgehead atoms. The standard InChI is InChI=1S/C23H23N5O2S/c1-16-22(17(2)28(26-16)19-7-5-4-6-8-19)25-21(29)15-31-23-24-13-14-27(23)18-9-11-20(30-3)12-10-18/h4-14H,15H2,1-3H3,(H,25,29). The normalized spacial score (nSPS) is 10.8. The Hall–Kier alpha value is -3.52. The van der Waals surface area contributed by atoms with Gasteiger partial charge in [-0.05, 0) is 50.2 Å². The Bertz CT molecular complexity index is 1180. The molecule has 1 amide bonds. The molecule has 0 atom stereocenters. The zero-order valence-corrected chi connectivity index (χ0v) is 18.4. The van der Waals surface area contributed by atoms with Crippen LogP contribution in [-0.4, -0.2) is 38.1 Å². The smallest absolute Gasteiger partial charge is 0.234 e. The molecular formula is C23H23N5O2S. The monoisotopic (exact) mass is 433 g/mol. The highest BCUT2D eigenvalue weighted by atomic mass is 32.2. The van der Waals surface area contributed by atoms with E-state index in [9.17, 15) is 4.79 Å². The highest BCUT2D eigenvalue weighted by molar-refractivity contribution is 7.99. The largest absolute Gasteiger partial charge is 0.497 e. The molecular weight excluding hydrogens is 410 g/mol. The molecule has 0 fully saturated rings. The molecule has 0 aliphatic heterocycles. The number of amides is 1. The van der Waals surface area contributed by atoms with Gasteiger partial charge in [0, 0.05) is 18.1 Å². The first kappa shape index (κ1) is 20.7. The molecule has 8 heteroatoms. The summed E-state index contributed by atoms with van der Waals surface area (Å²) in [4.78, 5) is 17.1. The Balaban J connectivity index is 1.44. The first-order chi connectivity index (χ1) is 15.1. The number of hydrogen-bond donors (Lipinski definition) is 1. The van der Waals surface area contributed by atoms with E-state index in [2.05, 4.69) is 15.4 Å². The molecule has 0 unspecified atom stereocenters. The molecule has 0 spiro atoms. The second-order valence-electron chi connectivity index (χ2n) is 6.91. The average molecular weight is 434 g/mol. The summed E-state index contributed by atoms with van der Waals surface area (Å²) in [5.41, 5.74) is 4.32. The predicted octanol–water partition coefficient (Wildman–Crippen LogP) is 4.41. The number of carbonyl (C=O) groups excluding carboxylic acids is 1. The maximum Gasteiger partial charge on any atom is 0.234 e. The van der Waals surface area contributed by atoms with Crippen molar-refractivity contribution in [2.24, 2.45) is 0 Å². The van der Waals surface area contributed by atoms with Crippen LogP contribution in [0.1, 0.15) is 11.4 Å². The van der Waals surface area contributed by atoms with Gasteiger partial charge in [0.05, 0.1) is 35.6 Å². The van der Waals surface area contributed by atoms with E-state index in [1.54, 1.807) is 13.3 Å². The molecule has 0 aliphatic rings. The third-order valence-electron chi connectivity index (χ3n) is 4.85. The average Bonchev–Trinajstić information content (AvgIpc) is 3.38. The number of benzene rings is 2. The van der Waals surface area contributed by atoms with E-state index in [0.717, 1.165) is 39.4 Å². The zero-order chi connectivity index (χ0) is 21.8. The highest BCUT2D eigenvalue weighted by Crippen LogP contribution is 2.25. The fraction of sp³-hybridized carbons (Fsp3) is 0.174. The minimum Gasteiger partial charge on any atom is -0.497 e. The first-order valence-corrected chi connectivity index (χ1v) is 10.8. The van der Waals surface area contributed by atoms with E-state index in [1.807, 2.05) is 83.9 Å². The number of methoxy groups -OCH3 is 1. The Morgan fingerprint density at radius 3 is 2.52 bits per heavy atom. The van der Waals surface area contributed by atoms with Gasteiger partial charge in [0.2, 0.25) is 5.91 Å². The van der Waals surface area contributed by atoms with Crippen molar-refractivity contribution in [2.45, 2.75) is 19.0 Å². The number of nitrogens with zero attached hydrogens (tertiary/aromatic N) is 4. The van der Waals surface area contributed by atoms with Crippen LogP contribution in [0.3, 0.4) is 0 Å². The topological polar surface area (TPSA) is 74.0 Å². The van der Waals surface area contributed by atoms with E-state index in [4.69, 9.17) is 4.74 Å². The lowest BCUT2D eigenvalue weighted by molar-refractivity contribution is -0.113. The summed E-state index contributed by atoms with van der Waals surface area (Å²) in [6.45, 7) is 3.84. The number of para-hydroxylation sites is 1. The maximum atomic E-state index is 12.7. The van der Waals surface area contributed by atoms with Crippen molar-refractivity contribution in [3.8, 4) is 17.1 Å². The Labute approximate surface area is 185 Å². The Morgan fingerprint density at radius 1 is 1.06 bits per heavy atom. The van der Waals surface area contributed by atoms with Gasteiger partial charge in [-0.25, -0.2) is 9.67 Å². The molecule has 31 heavy (non-hydrogen) atoms. The molecule has 0 saturated carbocycles. The summed E-state index contributed by atoms with van der Waals surface area (Å²) >= 11 is 1.38. The molecule has 2 aromatic carbocycles. The summed E-state index contributed by atoms with van der Waals surface area (Å²) in [6, 6.07) is 17.6. The number of thioether (sulfide) groups is 1. The molecule has 2 aromatic heterocycles. The summed E-state index contributed by atoms with van der Waals surface area (Å²) in [5, 5.41) is 8.33. The number of aryl methyl sites for hydroxylation is 1. The van der Waals surface area contributed by atoms with Gasteiger partial charge in [0.25, 0.3) is 0 Å². The number of nitrogens with one attached hydrogen (secondary N) is 1. The number of imidazole rings is 1. The van der Waals surface area contributed by atoms with Gasteiger partial charge in [-0.1, -0.05) is 30.0 Å². The minimum atomic E-state index is -0.104. The van der Waals surface area contributed by atoms with Gasteiger partial charge in [0.1, 0.15) is 5.75 Å². The van der Waals surface area contributed by atoms with E-state index in [1.165, 1.54) is 11.8 Å². The molecule has 2 heterocycles. The SMILES string of the molecule is COc1ccc(-n2ccnc2SCC(=O)Nc2c(C)nn(-c3ccccc3)c2C)cc1. The van der Waals surface area contributed by atoms with Crippen molar-refractivity contribution >= 4 is 23.4 Å². The summed E-state index contributed by atoms with van der Waals surface area (Å²) < 4.78 is 9.00. The van der Waals surface area contributed by atoms with Gasteiger partial charge < -0.3 is 10.1 Å². The number of rotatable bonds is 7. The van der Waals surface area contributed by atoms with Crippen LogP contribution < -0.4 is 10.1 Å². The van der Waals surface area contributed by atoms with Crippen LogP contribution in [0.25, 0.3) is 11.4 Å². The zero-order valence-electron chi connectivity index (χ0n) is 17.6. The van der Waals surface area contributed by atoms with Gasteiger partial charge in [0.15, 0.2) is 5.16 Å². The van der Waals surface area contributed by atoms with Gasteiger partial charge >= 0.3 is 0 Å². The van der Waals surface area contributed by atoms with Gasteiger partial charge in [-0.15, -0.1) is 0 Å². The summed E-state index contributed by atoms with van der Waals surface area (Å²) in [6.07, 6.45) is 3.60. The fourth-order valence-electron chi connectivity index (χ4n) is 3.29. The maximum absolute atomic E-state index is 12.7. The van der Waals surface area contributed by atoms with Crippen molar-refractivity contribution in [3.05, 3.63) is 78.4 Å². The molecule has 1 N–H and O–H groups in total. The summed E-state index contributed by atoms with van der Waals surface area (Å²) in [5.74, 6) is 0.926. The fourth-order valence-corrected chi connectivity index (χ4v) is 4.06. The van der Waals surface area contributed by atoms with E-state index in [-0.39, 0.29) is 11.7 Å². The van der Waals surface area contributed by atoms with Crippen molar-refractivity contribution in [2.75, 3.05) is 18.2 Å².